The number of hydrogen-bond acceptors (Lipinski definition) is 4. The van der Waals surface area contributed by atoms with Gasteiger partial charge in [-0.1, -0.05) is 28.1 Å². The summed E-state index contributed by atoms with van der Waals surface area (Å²) in [6.07, 6.45) is 1.66. The van der Waals surface area contributed by atoms with Crippen molar-refractivity contribution in [3.63, 3.8) is 0 Å². The SMILES string of the molecule is COc1ccc(C(=O)NCC2(c3cccc(Br)c3)CCOCC2)c(O)c1. The van der Waals surface area contributed by atoms with Gasteiger partial charge in [0.15, 0.2) is 0 Å². The predicted octanol–water partition coefficient (Wildman–Crippen LogP) is 3.64. The molecule has 0 saturated carbocycles. The second-order valence-electron chi connectivity index (χ2n) is 6.47. The Labute approximate surface area is 161 Å². The van der Waals surface area contributed by atoms with Crippen molar-refractivity contribution in [2.24, 2.45) is 0 Å². The summed E-state index contributed by atoms with van der Waals surface area (Å²) in [6, 6.07) is 12.9. The van der Waals surface area contributed by atoms with E-state index in [9.17, 15) is 9.90 Å². The molecule has 0 spiro atoms. The van der Waals surface area contributed by atoms with Crippen LogP contribution in [0.1, 0.15) is 28.8 Å². The molecule has 1 amide bonds. The molecule has 3 rings (SSSR count). The number of methoxy groups -OCH3 is 1. The highest BCUT2D eigenvalue weighted by Gasteiger charge is 2.35. The second kappa shape index (κ2) is 8.10. The fraction of sp³-hybridized carbons (Fsp3) is 0.350. The quantitative estimate of drug-likeness (QED) is 0.775. The van der Waals surface area contributed by atoms with Gasteiger partial charge in [-0.05, 0) is 42.7 Å². The Kier molecular flexibility index (Phi) is 5.84. The molecule has 0 aromatic heterocycles. The molecule has 2 aromatic carbocycles. The lowest BCUT2D eigenvalue weighted by atomic mass is 9.74. The molecule has 1 aliphatic rings. The van der Waals surface area contributed by atoms with E-state index in [1.54, 1.807) is 12.1 Å². The summed E-state index contributed by atoms with van der Waals surface area (Å²) in [7, 11) is 1.52. The van der Waals surface area contributed by atoms with Crippen LogP contribution in [0.15, 0.2) is 46.9 Å². The average Bonchev–Trinajstić information content (AvgIpc) is 2.66. The number of halogens is 1. The minimum absolute atomic E-state index is 0.0923. The van der Waals surface area contributed by atoms with Crippen LogP contribution in [0.2, 0.25) is 0 Å². The van der Waals surface area contributed by atoms with Crippen LogP contribution in [-0.4, -0.2) is 37.9 Å². The summed E-state index contributed by atoms with van der Waals surface area (Å²) in [5.41, 5.74) is 1.23. The number of ether oxygens (including phenoxy) is 2. The lowest BCUT2D eigenvalue weighted by Crippen LogP contribution is -2.44. The van der Waals surface area contributed by atoms with Crippen LogP contribution in [0, 0.1) is 0 Å². The smallest absolute Gasteiger partial charge is 0.255 e. The van der Waals surface area contributed by atoms with Crippen LogP contribution in [-0.2, 0) is 10.2 Å². The normalized spacial score (nSPS) is 16.1. The maximum Gasteiger partial charge on any atom is 0.255 e. The van der Waals surface area contributed by atoms with Crippen molar-refractivity contribution in [1.29, 1.82) is 0 Å². The number of phenols is 1. The van der Waals surface area contributed by atoms with Crippen LogP contribution in [0.25, 0.3) is 0 Å². The Balaban J connectivity index is 1.79. The summed E-state index contributed by atoms with van der Waals surface area (Å²) >= 11 is 3.53. The molecule has 5 nitrogen and oxygen atoms in total. The average molecular weight is 420 g/mol. The van der Waals surface area contributed by atoms with Crippen molar-refractivity contribution in [3.05, 3.63) is 58.1 Å². The van der Waals surface area contributed by atoms with Gasteiger partial charge >= 0.3 is 0 Å². The molecule has 138 valence electrons. The molecule has 0 atom stereocenters. The van der Waals surface area contributed by atoms with Gasteiger partial charge in [0.05, 0.1) is 12.7 Å². The van der Waals surface area contributed by atoms with E-state index in [0.29, 0.717) is 25.5 Å². The van der Waals surface area contributed by atoms with E-state index >= 15 is 0 Å². The van der Waals surface area contributed by atoms with Crippen LogP contribution in [0.4, 0.5) is 0 Å². The van der Waals surface area contributed by atoms with Gasteiger partial charge in [0.1, 0.15) is 11.5 Å². The molecular weight excluding hydrogens is 398 g/mol. The van der Waals surface area contributed by atoms with Gasteiger partial charge in [0.25, 0.3) is 5.91 Å². The monoisotopic (exact) mass is 419 g/mol. The maximum absolute atomic E-state index is 12.6. The van der Waals surface area contributed by atoms with Crippen LogP contribution in [0.3, 0.4) is 0 Å². The van der Waals surface area contributed by atoms with E-state index in [-0.39, 0.29) is 22.6 Å². The highest BCUT2D eigenvalue weighted by molar-refractivity contribution is 9.10. The number of rotatable bonds is 5. The Morgan fingerprint density at radius 2 is 2.04 bits per heavy atom. The molecule has 0 radical (unpaired) electrons. The van der Waals surface area contributed by atoms with Gasteiger partial charge in [0.2, 0.25) is 0 Å². The molecule has 2 aromatic rings. The number of phenolic OH excluding ortho intramolecular Hbond substituents is 1. The van der Waals surface area contributed by atoms with Gasteiger partial charge in [-0.2, -0.15) is 0 Å². The number of benzene rings is 2. The lowest BCUT2D eigenvalue weighted by molar-refractivity contribution is 0.0486. The molecule has 0 unspecified atom stereocenters. The van der Waals surface area contributed by atoms with Crippen molar-refractivity contribution >= 4 is 21.8 Å². The topological polar surface area (TPSA) is 67.8 Å². The van der Waals surface area contributed by atoms with E-state index < -0.39 is 0 Å². The number of carbonyl (C=O) groups excluding carboxylic acids is 1. The minimum Gasteiger partial charge on any atom is -0.507 e. The Bertz CT molecular complexity index is 787. The third-order valence-electron chi connectivity index (χ3n) is 4.92. The highest BCUT2D eigenvalue weighted by atomic mass is 79.9. The molecule has 26 heavy (non-hydrogen) atoms. The van der Waals surface area contributed by atoms with Crippen molar-refractivity contribution in [3.8, 4) is 11.5 Å². The van der Waals surface area contributed by atoms with Gasteiger partial charge in [-0.25, -0.2) is 0 Å². The highest BCUT2D eigenvalue weighted by Crippen LogP contribution is 2.35. The van der Waals surface area contributed by atoms with E-state index in [0.717, 1.165) is 17.3 Å². The van der Waals surface area contributed by atoms with E-state index in [1.165, 1.54) is 18.7 Å². The standard InChI is InChI=1S/C20H22BrNO4/c1-25-16-5-6-17(18(23)12-16)19(24)22-13-20(7-9-26-10-8-20)14-3-2-4-15(21)11-14/h2-6,11-12,23H,7-10,13H2,1H3,(H,22,24). The number of hydrogen-bond donors (Lipinski definition) is 2. The Morgan fingerprint density at radius 3 is 2.69 bits per heavy atom. The molecule has 1 saturated heterocycles. The summed E-state index contributed by atoms with van der Waals surface area (Å²) in [5.74, 6) is 0.116. The molecule has 1 heterocycles. The van der Waals surface area contributed by atoms with Crippen molar-refractivity contribution in [1.82, 2.24) is 5.32 Å². The van der Waals surface area contributed by atoms with Gasteiger partial charge in [0, 0.05) is 35.7 Å². The number of carbonyl (C=O) groups is 1. The summed E-state index contributed by atoms with van der Waals surface area (Å²) in [5, 5.41) is 13.1. The van der Waals surface area contributed by atoms with Crippen molar-refractivity contribution in [2.45, 2.75) is 18.3 Å². The number of aromatic hydroxyl groups is 1. The molecule has 1 aliphatic heterocycles. The van der Waals surface area contributed by atoms with Gasteiger partial charge in [-0.3, -0.25) is 4.79 Å². The molecule has 0 bridgehead atoms. The fourth-order valence-corrected chi connectivity index (χ4v) is 3.72. The van der Waals surface area contributed by atoms with Crippen LogP contribution < -0.4 is 10.1 Å². The minimum atomic E-state index is -0.300. The van der Waals surface area contributed by atoms with E-state index in [1.807, 2.05) is 12.1 Å². The number of amides is 1. The first kappa shape index (κ1) is 18.7. The first-order chi connectivity index (χ1) is 12.5. The van der Waals surface area contributed by atoms with Crippen LogP contribution in [0.5, 0.6) is 11.5 Å². The van der Waals surface area contributed by atoms with E-state index in [2.05, 4.69) is 33.4 Å². The maximum atomic E-state index is 12.6. The first-order valence-electron chi connectivity index (χ1n) is 8.53. The molecule has 6 heteroatoms. The van der Waals surface area contributed by atoms with Crippen molar-refractivity contribution < 1.29 is 19.4 Å². The van der Waals surface area contributed by atoms with Crippen molar-refractivity contribution in [2.75, 3.05) is 26.9 Å². The molecule has 0 aliphatic carbocycles. The predicted molar refractivity (Wildman–Crippen MR) is 103 cm³/mol. The largest absolute Gasteiger partial charge is 0.507 e. The molecule has 2 N–H and O–H groups in total. The third-order valence-corrected chi connectivity index (χ3v) is 5.42. The van der Waals surface area contributed by atoms with E-state index in [4.69, 9.17) is 9.47 Å². The fourth-order valence-electron chi connectivity index (χ4n) is 3.32. The number of nitrogens with one attached hydrogen (secondary N) is 1. The Hall–Kier alpha value is -2.05. The second-order valence-corrected chi connectivity index (χ2v) is 7.38. The van der Waals surface area contributed by atoms with Crippen LogP contribution >= 0.6 is 15.9 Å². The molecule has 1 fully saturated rings. The third kappa shape index (κ3) is 4.02. The van der Waals surface area contributed by atoms with Gasteiger partial charge < -0.3 is 19.9 Å². The zero-order chi connectivity index (χ0) is 18.6. The summed E-state index contributed by atoms with van der Waals surface area (Å²) < 4.78 is 11.6. The van der Waals surface area contributed by atoms with Gasteiger partial charge in [-0.15, -0.1) is 0 Å². The lowest BCUT2D eigenvalue weighted by Gasteiger charge is -2.38. The Morgan fingerprint density at radius 1 is 1.27 bits per heavy atom. The summed E-state index contributed by atoms with van der Waals surface area (Å²) in [6.45, 7) is 1.81. The zero-order valence-corrected chi connectivity index (χ0v) is 16.2. The molecular formula is C20H22BrNO4. The zero-order valence-electron chi connectivity index (χ0n) is 14.6. The first-order valence-corrected chi connectivity index (χ1v) is 9.32. The summed E-state index contributed by atoms with van der Waals surface area (Å²) in [4.78, 5) is 12.6.